The molecule has 0 atom stereocenters. The van der Waals surface area contributed by atoms with Gasteiger partial charge in [-0.3, -0.25) is 0 Å². The first-order chi connectivity index (χ1) is 10.4. The van der Waals surface area contributed by atoms with Gasteiger partial charge in [0.15, 0.2) is 11.5 Å². The predicted molar refractivity (Wildman–Crippen MR) is 82.7 cm³/mol. The van der Waals surface area contributed by atoms with Crippen molar-refractivity contribution in [3.8, 4) is 17.2 Å². The number of hydrogen-bond donors (Lipinski definition) is 2. The minimum atomic E-state index is -0.711. The number of ether oxygens (including phenoxy) is 3. The van der Waals surface area contributed by atoms with Crippen LogP contribution in [0.3, 0.4) is 0 Å². The number of methoxy groups -OCH3 is 1. The monoisotopic (exact) mass is 307 g/mol. The first-order valence-corrected chi connectivity index (χ1v) is 7.02. The normalized spacial score (nSPS) is 17.4. The molecule has 0 aliphatic carbocycles. The second kappa shape index (κ2) is 6.13. The van der Waals surface area contributed by atoms with E-state index >= 15 is 0 Å². The maximum absolute atomic E-state index is 10.9. The molecule has 0 saturated heterocycles. The molecule has 3 N–H and O–H groups in total. The van der Waals surface area contributed by atoms with Crippen molar-refractivity contribution in [2.75, 3.05) is 13.7 Å². The number of amides is 2. The number of carbonyl (C=O) groups is 1. The minimum Gasteiger partial charge on any atom is -0.493 e. The Morgan fingerprint density at radius 3 is 2.77 bits per heavy atom. The lowest BCUT2D eigenvalue weighted by atomic mass is 9.92. The van der Waals surface area contributed by atoms with Gasteiger partial charge >= 0.3 is 6.03 Å². The van der Waals surface area contributed by atoms with Gasteiger partial charge in [-0.2, -0.15) is 5.10 Å². The molecule has 1 aliphatic heterocycles. The molecule has 0 aromatic heterocycles. The lowest BCUT2D eigenvalue weighted by Crippen LogP contribution is -2.37. The smallest absolute Gasteiger partial charge is 0.332 e. The molecule has 0 saturated carbocycles. The number of nitrogens with one attached hydrogen (secondary N) is 1. The van der Waals surface area contributed by atoms with Crippen LogP contribution in [0.4, 0.5) is 4.79 Å². The molecule has 1 aromatic carbocycles. The van der Waals surface area contributed by atoms with Crippen LogP contribution < -0.4 is 25.4 Å². The summed E-state index contributed by atoms with van der Waals surface area (Å²) in [7, 11) is 1.57. The SMILES string of the molecule is CCOc1cc2c(cc1OC)OC(C)(C)C/C2=N/NC(N)=O. The Balaban J connectivity index is 2.52. The minimum absolute atomic E-state index is 0.455. The van der Waals surface area contributed by atoms with Gasteiger partial charge in [0.05, 0.1) is 19.4 Å². The lowest BCUT2D eigenvalue weighted by Gasteiger charge is -2.33. The molecule has 2 amide bonds. The maximum atomic E-state index is 10.9. The Labute approximate surface area is 129 Å². The fraction of sp³-hybridized carbons (Fsp3) is 0.467. The zero-order valence-corrected chi connectivity index (χ0v) is 13.2. The Bertz CT molecular complexity index is 611. The summed E-state index contributed by atoms with van der Waals surface area (Å²) >= 11 is 0. The van der Waals surface area contributed by atoms with E-state index in [1.807, 2.05) is 20.8 Å². The van der Waals surface area contributed by atoms with Crippen molar-refractivity contribution in [3.63, 3.8) is 0 Å². The summed E-state index contributed by atoms with van der Waals surface area (Å²) in [5.74, 6) is 1.81. The molecule has 1 aromatic rings. The van der Waals surface area contributed by atoms with Gasteiger partial charge in [0.1, 0.15) is 11.4 Å². The van der Waals surface area contributed by atoms with E-state index in [1.54, 1.807) is 19.2 Å². The summed E-state index contributed by atoms with van der Waals surface area (Å²) < 4.78 is 16.9. The van der Waals surface area contributed by atoms with Crippen molar-refractivity contribution < 1.29 is 19.0 Å². The van der Waals surface area contributed by atoms with Crippen LogP contribution >= 0.6 is 0 Å². The third-order valence-electron chi connectivity index (χ3n) is 3.16. The van der Waals surface area contributed by atoms with Crippen LogP contribution in [0.25, 0.3) is 0 Å². The lowest BCUT2D eigenvalue weighted by molar-refractivity contribution is 0.110. The fourth-order valence-electron chi connectivity index (χ4n) is 2.33. The summed E-state index contributed by atoms with van der Waals surface area (Å²) in [6, 6.07) is 2.85. The summed E-state index contributed by atoms with van der Waals surface area (Å²) in [6.07, 6.45) is 0.526. The van der Waals surface area contributed by atoms with Crippen molar-refractivity contribution in [2.45, 2.75) is 32.8 Å². The van der Waals surface area contributed by atoms with Gasteiger partial charge in [-0.05, 0) is 26.8 Å². The summed E-state index contributed by atoms with van der Waals surface area (Å²) in [6.45, 7) is 6.28. The van der Waals surface area contributed by atoms with Crippen LogP contribution in [-0.4, -0.2) is 31.1 Å². The number of nitrogens with two attached hydrogens (primary N) is 1. The third-order valence-corrected chi connectivity index (χ3v) is 3.16. The average Bonchev–Trinajstić information content (AvgIpc) is 2.44. The molecule has 7 heteroatoms. The maximum Gasteiger partial charge on any atom is 0.332 e. The number of nitrogens with zero attached hydrogens (tertiary/aromatic N) is 1. The highest BCUT2D eigenvalue weighted by molar-refractivity contribution is 6.05. The van der Waals surface area contributed by atoms with E-state index in [4.69, 9.17) is 19.9 Å². The number of fused-ring (bicyclic) bond motifs is 1. The van der Waals surface area contributed by atoms with Gasteiger partial charge in [0, 0.05) is 18.1 Å². The van der Waals surface area contributed by atoms with Gasteiger partial charge in [-0.1, -0.05) is 0 Å². The van der Waals surface area contributed by atoms with Crippen LogP contribution in [-0.2, 0) is 0 Å². The molecule has 0 fully saturated rings. The fourth-order valence-corrected chi connectivity index (χ4v) is 2.33. The number of hydrogen-bond acceptors (Lipinski definition) is 5. The summed E-state index contributed by atoms with van der Waals surface area (Å²) in [5.41, 5.74) is 8.33. The molecule has 120 valence electrons. The van der Waals surface area contributed by atoms with Gasteiger partial charge in [-0.15, -0.1) is 0 Å². The molecule has 0 unspecified atom stereocenters. The van der Waals surface area contributed by atoms with Crippen molar-refractivity contribution in [1.82, 2.24) is 5.43 Å². The molecule has 1 heterocycles. The Kier molecular flexibility index (Phi) is 4.44. The molecule has 7 nitrogen and oxygen atoms in total. The van der Waals surface area contributed by atoms with Crippen LogP contribution in [0.5, 0.6) is 17.2 Å². The summed E-state index contributed by atoms with van der Waals surface area (Å²) in [4.78, 5) is 10.9. The number of urea groups is 1. The molecule has 22 heavy (non-hydrogen) atoms. The van der Waals surface area contributed by atoms with E-state index in [-0.39, 0.29) is 0 Å². The standard InChI is InChI=1S/C15H21N3O4/c1-5-21-13-6-9-10(17-18-14(16)19)8-15(2,3)22-11(9)7-12(13)20-4/h6-7H,5,8H2,1-4H3,(H3,16,18,19)/b17-10-. The van der Waals surface area contributed by atoms with Crippen molar-refractivity contribution >= 4 is 11.7 Å². The van der Waals surface area contributed by atoms with Gasteiger partial charge in [0.2, 0.25) is 0 Å². The van der Waals surface area contributed by atoms with E-state index in [0.717, 1.165) is 5.56 Å². The van der Waals surface area contributed by atoms with E-state index in [0.29, 0.717) is 36.0 Å². The quantitative estimate of drug-likeness (QED) is 0.832. The first-order valence-electron chi connectivity index (χ1n) is 7.02. The van der Waals surface area contributed by atoms with E-state index in [9.17, 15) is 4.79 Å². The van der Waals surface area contributed by atoms with Crippen LogP contribution in [0.15, 0.2) is 17.2 Å². The van der Waals surface area contributed by atoms with E-state index in [1.165, 1.54) is 0 Å². The number of rotatable bonds is 4. The molecule has 0 bridgehead atoms. The van der Waals surface area contributed by atoms with Gasteiger partial charge in [-0.25, -0.2) is 10.2 Å². The topological polar surface area (TPSA) is 95.2 Å². The highest BCUT2D eigenvalue weighted by atomic mass is 16.5. The number of benzene rings is 1. The second-order valence-corrected chi connectivity index (χ2v) is 5.51. The van der Waals surface area contributed by atoms with E-state index < -0.39 is 11.6 Å². The van der Waals surface area contributed by atoms with Crippen LogP contribution in [0, 0.1) is 0 Å². The molecule has 1 aliphatic rings. The Morgan fingerprint density at radius 2 is 2.18 bits per heavy atom. The zero-order valence-electron chi connectivity index (χ0n) is 13.2. The Hall–Kier alpha value is -2.44. The van der Waals surface area contributed by atoms with E-state index in [2.05, 4.69) is 10.5 Å². The molecular weight excluding hydrogens is 286 g/mol. The number of hydrazone groups is 1. The van der Waals surface area contributed by atoms with Crippen molar-refractivity contribution in [2.24, 2.45) is 10.8 Å². The second-order valence-electron chi connectivity index (χ2n) is 5.51. The third kappa shape index (κ3) is 3.41. The predicted octanol–water partition coefficient (Wildman–Crippen LogP) is 2.03. The van der Waals surface area contributed by atoms with Crippen LogP contribution in [0.1, 0.15) is 32.8 Å². The zero-order chi connectivity index (χ0) is 16.3. The largest absolute Gasteiger partial charge is 0.493 e. The molecular formula is C15H21N3O4. The van der Waals surface area contributed by atoms with Gasteiger partial charge < -0.3 is 19.9 Å². The van der Waals surface area contributed by atoms with Gasteiger partial charge in [0.25, 0.3) is 0 Å². The highest BCUT2D eigenvalue weighted by Gasteiger charge is 2.32. The molecule has 0 radical (unpaired) electrons. The van der Waals surface area contributed by atoms with Crippen molar-refractivity contribution in [3.05, 3.63) is 17.7 Å². The summed E-state index contributed by atoms with van der Waals surface area (Å²) in [5, 5.41) is 4.09. The average molecular weight is 307 g/mol. The van der Waals surface area contributed by atoms with Crippen molar-refractivity contribution in [1.29, 1.82) is 0 Å². The number of carbonyl (C=O) groups excluding carboxylic acids is 1. The number of primary amides is 1. The first kappa shape index (κ1) is 15.9. The van der Waals surface area contributed by atoms with Crippen LogP contribution in [0.2, 0.25) is 0 Å². The Morgan fingerprint density at radius 1 is 1.45 bits per heavy atom. The highest BCUT2D eigenvalue weighted by Crippen LogP contribution is 2.40. The molecule has 0 spiro atoms. The molecule has 2 rings (SSSR count).